The quantitative estimate of drug-likeness (QED) is 0.737. The Hall–Kier alpha value is -0.670. The van der Waals surface area contributed by atoms with Crippen molar-refractivity contribution in [3.63, 3.8) is 0 Å². The van der Waals surface area contributed by atoms with Crippen LogP contribution >= 0.6 is 7.60 Å². The Bertz CT molecular complexity index is 369. The second kappa shape index (κ2) is 6.92. The van der Waals surface area contributed by atoms with E-state index >= 15 is 0 Å². The van der Waals surface area contributed by atoms with Gasteiger partial charge in [-0.3, -0.25) is 4.57 Å². The van der Waals surface area contributed by atoms with Crippen molar-refractivity contribution in [2.24, 2.45) is 0 Å². The van der Waals surface area contributed by atoms with Crippen molar-refractivity contribution in [2.45, 2.75) is 32.9 Å². The van der Waals surface area contributed by atoms with Gasteiger partial charge in [0.05, 0.1) is 12.4 Å². The van der Waals surface area contributed by atoms with Crippen molar-refractivity contribution in [3.8, 4) is 0 Å². The van der Waals surface area contributed by atoms with E-state index in [9.17, 15) is 9.46 Å². The summed E-state index contributed by atoms with van der Waals surface area (Å²) in [5, 5.41) is 2.93. The zero-order valence-corrected chi connectivity index (χ0v) is 11.2. The van der Waals surface area contributed by atoms with E-state index in [1.165, 1.54) is 0 Å². The van der Waals surface area contributed by atoms with Crippen LogP contribution < -0.4 is 5.32 Å². The Morgan fingerprint density at radius 2 is 2.06 bits per heavy atom. The van der Waals surface area contributed by atoms with Crippen LogP contribution in [0.3, 0.4) is 0 Å². The molecule has 96 valence electrons. The molecular weight excluding hydrogens is 237 g/mol. The SMILES string of the molecule is CCC(C)OP(=O)(O)CNCc1ccccc1. The third kappa shape index (κ3) is 5.99. The minimum absolute atomic E-state index is 0.0216. The summed E-state index contributed by atoms with van der Waals surface area (Å²) in [4.78, 5) is 9.56. The zero-order chi connectivity index (χ0) is 12.7. The fourth-order valence-corrected chi connectivity index (χ4v) is 2.51. The maximum atomic E-state index is 11.6. The van der Waals surface area contributed by atoms with Crippen molar-refractivity contribution < 1.29 is 14.0 Å². The largest absolute Gasteiger partial charge is 0.342 e. The average molecular weight is 257 g/mol. The van der Waals surface area contributed by atoms with E-state index in [0.29, 0.717) is 6.54 Å². The Balaban J connectivity index is 2.33. The molecule has 1 rings (SSSR count). The Labute approximate surface area is 103 Å². The van der Waals surface area contributed by atoms with Gasteiger partial charge in [-0.05, 0) is 18.9 Å². The summed E-state index contributed by atoms with van der Waals surface area (Å²) < 4.78 is 16.7. The number of rotatable bonds is 7. The Morgan fingerprint density at radius 3 is 2.65 bits per heavy atom. The monoisotopic (exact) mass is 257 g/mol. The molecule has 0 saturated carbocycles. The van der Waals surface area contributed by atoms with E-state index in [2.05, 4.69) is 5.32 Å². The first-order chi connectivity index (χ1) is 8.03. The van der Waals surface area contributed by atoms with Gasteiger partial charge in [-0.1, -0.05) is 37.3 Å². The first kappa shape index (κ1) is 14.4. The molecule has 0 amide bonds. The molecule has 0 aliphatic carbocycles. The van der Waals surface area contributed by atoms with Gasteiger partial charge in [0.1, 0.15) is 0 Å². The van der Waals surface area contributed by atoms with Gasteiger partial charge in [0.25, 0.3) is 0 Å². The van der Waals surface area contributed by atoms with E-state index in [4.69, 9.17) is 4.52 Å². The molecule has 17 heavy (non-hydrogen) atoms. The summed E-state index contributed by atoms with van der Waals surface area (Å²) in [7, 11) is -3.51. The molecule has 1 aromatic carbocycles. The normalized spacial score (nSPS) is 16.4. The molecule has 0 heterocycles. The first-order valence-electron chi connectivity index (χ1n) is 5.78. The van der Waals surface area contributed by atoms with Crippen LogP contribution in [-0.4, -0.2) is 17.3 Å². The summed E-state index contributed by atoms with van der Waals surface area (Å²) in [5.74, 6) is 0. The van der Waals surface area contributed by atoms with Crippen LogP contribution in [0.4, 0.5) is 0 Å². The van der Waals surface area contributed by atoms with Gasteiger partial charge in [-0.25, -0.2) is 0 Å². The van der Waals surface area contributed by atoms with Gasteiger partial charge in [0.15, 0.2) is 0 Å². The molecule has 1 aromatic rings. The van der Waals surface area contributed by atoms with Crippen molar-refractivity contribution in [2.75, 3.05) is 6.29 Å². The lowest BCUT2D eigenvalue weighted by Crippen LogP contribution is -2.17. The molecule has 4 nitrogen and oxygen atoms in total. The topological polar surface area (TPSA) is 58.6 Å². The standard InChI is InChI=1S/C12H20NO3P/c1-3-11(2)16-17(14,15)10-13-9-12-7-5-4-6-8-12/h4-8,11,13H,3,9-10H2,1-2H3,(H,14,15). The minimum atomic E-state index is -3.51. The maximum absolute atomic E-state index is 11.6. The van der Waals surface area contributed by atoms with Crippen LogP contribution in [0.5, 0.6) is 0 Å². The average Bonchev–Trinajstić information content (AvgIpc) is 2.29. The fraction of sp³-hybridized carbons (Fsp3) is 0.500. The highest BCUT2D eigenvalue weighted by molar-refractivity contribution is 7.52. The highest BCUT2D eigenvalue weighted by Gasteiger charge is 2.21. The third-order valence-electron chi connectivity index (χ3n) is 2.40. The molecule has 0 spiro atoms. The lowest BCUT2D eigenvalue weighted by molar-refractivity contribution is 0.184. The van der Waals surface area contributed by atoms with Gasteiger partial charge < -0.3 is 14.7 Å². The predicted octanol–water partition coefficient (Wildman–Crippen LogP) is 2.73. The summed E-state index contributed by atoms with van der Waals surface area (Å²) in [5.41, 5.74) is 1.08. The molecule has 0 radical (unpaired) electrons. The van der Waals surface area contributed by atoms with Gasteiger partial charge >= 0.3 is 7.60 Å². The number of hydrogen-bond acceptors (Lipinski definition) is 3. The summed E-state index contributed by atoms with van der Waals surface area (Å²) in [6.45, 7) is 4.28. The maximum Gasteiger partial charge on any atom is 0.342 e. The molecule has 0 fully saturated rings. The zero-order valence-electron chi connectivity index (χ0n) is 10.3. The van der Waals surface area contributed by atoms with Crippen molar-refractivity contribution >= 4 is 7.60 Å². The molecule has 2 atom stereocenters. The lowest BCUT2D eigenvalue weighted by atomic mass is 10.2. The second-order valence-corrected chi connectivity index (χ2v) is 5.83. The van der Waals surface area contributed by atoms with E-state index in [0.717, 1.165) is 12.0 Å². The highest BCUT2D eigenvalue weighted by Crippen LogP contribution is 2.42. The molecular formula is C12H20NO3P. The van der Waals surface area contributed by atoms with Crippen LogP contribution in [0.25, 0.3) is 0 Å². The first-order valence-corrected chi connectivity index (χ1v) is 7.54. The van der Waals surface area contributed by atoms with Gasteiger partial charge in [0, 0.05) is 6.54 Å². The van der Waals surface area contributed by atoms with Crippen molar-refractivity contribution in [1.82, 2.24) is 5.32 Å². The van der Waals surface area contributed by atoms with E-state index in [1.54, 1.807) is 6.92 Å². The van der Waals surface area contributed by atoms with Gasteiger partial charge in [0.2, 0.25) is 0 Å². The second-order valence-electron chi connectivity index (χ2n) is 4.03. The summed E-state index contributed by atoms with van der Waals surface area (Å²) >= 11 is 0. The Morgan fingerprint density at radius 1 is 1.41 bits per heavy atom. The van der Waals surface area contributed by atoms with Crippen molar-refractivity contribution in [1.29, 1.82) is 0 Å². The van der Waals surface area contributed by atoms with Gasteiger partial charge in [-0.2, -0.15) is 0 Å². The molecule has 2 N–H and O–H groups in total. The third-order valence-corrected chi connectivity index (χ3v) is 3.72. The Kier molecular flexibility index (Phi) is 5.86. The van der Waals surface area contributed by atoms with Gasteiger partial charge in [-0.15, -0.1) is 0 Å². The van der Waals surface area contributed by atoms with Crippen LogP contribution in [0, 0.1) is 0 Å². The molecule has 5 heteroatoms. The van der Waals surface area contributed by atoms with Crippen molar-refractivity contribution in [3.05, 3.63) is 35.9 Å². The van der Waals surface area contributed by atoms with Crippen LogP contribution in [-0.2, 0) is 15.6 Å². The summed E-state index contributed by atoms with van der Waals surface area (Å²) in [6, 6.07) is 9.73. The van der Waals surface area contributed by atoms with E-state index in [-0.39, 0.29) is 12.4 Å². The predicted molar refractivity (Wildman–Crippen MR) is 68.8 cm³/mol. The number of benzene rings is 1. The fourth-order valence-electron chi connectivity index (χ4n) is 1.33. The molecule has 0 saturated heterocycles. The molecule has 0 bridgehead atoms. The summed E-state index contributed by atoms with van der Waals surface area (Å²) in [6.07, 6.45) is 0.513. The number of hydrogen-bond donors (Lipinski definition) is 2. The highest BCUT2D eigenvalue weighted by atomic mass is 31.2. The van der Waals surface area contributed by atoms with Crippen LogP contribution in [0.2, 0.25) is 0 Å². The lowest BCUT2D eigenvalue weighted by Gasteiger charge is -2.17. The van der Waals surface area contributed by atoms with Crippen LogP contribution in [0.15, 0.2) is 30.3 Å². The molecule has 0 aromatic heterocycles. The van der Waals surface area contributed by atoms with Crippen LogP contribution in [0.1, 0.15) is 25.8 Å². The molecule has 0 aliphatic rings. The molecule has 0 aliphatic heterocycles. The van der Waals surface area contributed by atoms with E-state index in [1.807, 2.05) is 37.3 Å². The minimum Gasteiger partial charge on any atom is -0.323 e. The molecule has 2 unspecified atom stereocenters. The number of nitrogens with one attached hydrogen (secondary N) is 1. The smallest absolute Gasteiger partial charge is 0.323 e. The van der Waals surface area contributed by atoms with E-state index < -0.39 is 7.60 Å².